The molecule has 0 bridgehead atoms. The number of benzene rings is 4. The van der Waals surface area contributed by atoms with Gasteiger partial charge in [0.2, 0.25) is 17.7 Å². The zero-order chi connectivity index (χ0) is 38.6. The highest BCUT2D eigenvalue weighted by Crippen LogP contribution is 2.29. The second-order valence-electron chi connectivity index (χ2n) is 13.1. The molecule has 54 heavy (non-hydrogen) atoms. The van der Waals surface area contributed by atoms with E-state index in [1.54, 1.807) is 24.3 Å². The fraction of sp³-hybridized carbons (Fsp3) is 0.275. The van der Waals surface area contributed by atoms with Crippen molar-refractivity contribution in [2.75, 3.05) is 6.54 Å². The summed E-state index contributed by atoms with van der Waals surface area (Å²) in [4.78, 5) is 45.0. The molecule has 0 unspecified atom stereocenters. The van der Waals surface area contributed by atoms with Gasteiger partial charge in [0.1, 0.15) is 17.8 Å². The van der Waals surface area contributed by atoms with Crippen LogP contribution in [0.2, 0.25) is 0 Å². The molecule has 14 nitrogen and oxygen atoms in total. The van der Waals surface area contributed by atoms with E-state index >= 15 is 0 Å². The second kappa shape index (κ2) is 18.5. The van der Waals surface area contributed by atoms with Gasteiger partial charge in [-0.15, -0.1) is 0 Å². The van der Waals surface area contributed by atoms with E-state index in [9.17, 15) is 39.9 Å². The molecular formula is C40H46N6O8. The highest BCUT2D eigenvalue weighted by molar-refractivity contribution is 5.93. The van der Waals surface area contributed by atoms with Gasteiger partial charge in [0.25, 0.3) is 0 Å². The summed E-state index contributed by atoms with van der Waals surface area (Å²) in [6, 6.07) is 19.6. The van der Waals surface area contributed by atoms with Crippen LogP contribution in [0.3, 0.4) is 0 Å². The lowest BCUT2D eigenvalue weighted by Crippen LogP contribution is -2.57. The third-order valence-corrected chi connectivity index (χ3v) is 9.19. The summed E-state index contributed by atoms with van der Waals surface area (Å²) < 4.78 is 0. The normalized spacial score (nSPS) is 12.8. The lowest BCUT2D eigenvalue weighted by Gasteiger charge is -2.26. The van der Waals surface area contributed by atoms with Crippen LogP contribution in [0.5, 0.6) is 28.7 Å². The van der Waals surface area contributed by atoms with E-state index in [2.05, 4.69) is 26.3 Å². The number of aromatic nitrogens is 1. The number of amides is 3. The summed E-state index contributed by atoms with van der Waals surface area (Å²) in [6.45, 7) is 0.246. The van der Waals surface area contributed by atoms with Crippen molar-refractivity contribution >= 4 is 28.6 Å². The Morgan fingerprint density at radius 1 is 0.630 bits per heavy atom. The molecule has 5 rings (SSSR count). The number of hydrogen-bond acceptors (Lipinski definition) is 10. The van der Waals surface area contributed by atoms with Crippen molar-refractivity contribution in [1.82, 2.24) is 26.3 Å². The van der Waals surface area contributed by atoms with Crippen molar-refractivity contribution in [3.8, 4) is 28.7 Å². The number of phenols is 5. The summed E-state index contributed by atoms with van der Waals surface area (Å²) in [5.41, 5.74) is 8.74. The number of aromatic hydroxyl groups is 5. The average molecular weight is 739 g/mol. The van der Waals surface area contributed by atoms with Crippen molar-refractivity contribution in [1.29, 1.82) is 0 Å². The van der Waals surface area contributed by atoms with E-state index < -0.39 is 35.8 Å². The number of unbranched alkanes of at least 4 members (excludes halogenated alkanes) is 1. The van der Waals surface area contributed by atoms with Gasteiger partial charge in [-0.2, -0.15) is 0 Å². The Balaban J connectivity index is 1.37. The summed E-state index contributed by atoms with van der Waals surface area (Å²) >= 11 is 0. The lowest BCUT2D eigenvalue weighted by molar-refractivity contribution is -0.132. The van der Waals surface area contributed by atoms with Gasteiger partial charge in [-0.1, -0.05) is 54.6 Å². The molecule has 3 atom stereocenters. The number of nitrogens with one attached hydrogen (secondary N) is 5. The first kappa shape index (κ1) is 39.0. The molecule has 0 saturated heterocycles. The van der Waals surface area contributed by atoms with E-state index in [-0.39, 0.29) is 66.7 Å². The number of nitrogens with two attached hydrogens (primary N) is 1. The van der Waals surface area contributed by atoms with Gasteiger partial charge in [0, 0.05) is 47.7 Å². The van der Waals surface area contributed by atoms with E-state index in [1.165, 1.54) is 36.4 Å². The molecule has 1 aromatic heterocycles. The van der Waals surface area contributed by atoms with Gasteiger partial charge < -0.3 is 57.5 Å². The Bertz CT molecular complexity index is 2050. The smallest absolute Gasteiger partial charge is 0.243 e. The minimum Gasteiger partial charge on any atom is -0.508 e. The maximum absolute atomic E-state index is 14.1. The molecule has 0 saturated carbocycles. The quantitative estimate of drug-likeness (QED) is 0.0464. The van der Waals surface area contributed by atoms with Crippen LogP contribution >= 0.6 is 0 Å². The zero-order valence-corrected chi connectivity index (χ0v) is 29.6. The van der Waals surface area contributed by atoms with Crippen LogP contribution in [0.4, 0.5) is 0 Å². The van der Waals surface area contributed by atoms with E-state index in [0.29, 0.717) is 30.5 Å². The molecule has 3 amide bonds. The van der Waals surface area contributed by atoms with Crippen LogP contribution in [0.1, 0.15) is 41.5 Å². The van der Waals surface area contributed by atoms with E-state index in [0.717, 1.165) is 16.5 Å². The summed E-state index contributed by atoms with van der Waals surface area (Å²) in [5.74, 6) is -3.02. The van der Waals surface area contributed by atoms with Crippen LogP contribution in [0, 0.1) is 0 Å². The molecule has 4 aromatic carbocycles. The summed E-state index contributed by atoms with van der Waals surface area (Å²) in [5, 5.41) is 62.9. The van der Waals surface area contributed by atoms with Crippen molar-refractivity contribution in [2.24, 2.45) is 5.73 Å². The van der Waals surface area contributed by atoms with Gasteiger partial charge >= 0.3 is 0 Å². The van der Waals surface area contributed by atoms with Gasteiger partial charge in [0.05, 0.1) is 6.04 Å². The number of hydrogen-bond donors (Lipinski definition) is 11. The van der Waals surface area contributed by atoms with Gasteiger partial charge in [-0.3, -0.25) is 14.4 Å². The maximum atomic E-state index is 14.1. The van der Waals surface area contributed by atoms with E-state index in [4.69, 9.17) is 5.73 Å². The second-order valence-corrected chi connectivity index (χ2v) is 13.1. The summed E-state index contributed by atoms with van der Waals surface area (Å²) in [7, 11) is 0. The number of para-hydroxylation sites is 3. The predicted molar refractivity (Wildman–Crippen MR) is 203 cm³/mol. The number of rotatable bonds is 18. The predicted octanol–water partition coefficient (Wildman–Crippen LogP) is 3.05. The average Bonchev–Trinajstić information content (AvgIpc) is 3.58. The molecule has 0 aliphatic rings. The fourth-order valence-corrected chi connectivity index (χ4v) is 6.14. The van der Waals surface area contributed by atoms with Crippen LogP contribution < -0.4 is 27.0 Å². The van der Waals surface area contributed by atoms with Gasteiger partial charge in [0.15, 0.2) is 23.0 Å². The number of fused-ring (bicyclic) bond motifs is 1. The zero-order valence-electron chi connectivity index (χ0n) is 29.6. The number of H-pyrrole nitrogens is 1. The first-order valence-electron chi connectivity index (χ1n) is 17.7. The number of aromatic amines is 1. The van der Waals surface area contributed by atoms with Gasteiger partial charge in [-0.05, 0) is 73.7 Å². The molecule has 14 heteroatoms. The minimum absolute atomic E-state index is 0.0222. The van der Waals surface area contributed by atoms with Gasteiger partial charge in [-0.25, -0.2) is 0 Å². The van der Waals surface area contributed by atoms with Crippen molar-refractivity contribution in [3.05, 3.63) is 113 Å². The number of carbonyl (C=O) groups is 3. The van der Waals surface area contributed by atoms with Crippen LogP contribution in [0.25, 0.3) is 10.9 Å². The fourth-order valence-electron chi connectivity index (χ4n) is 6.14. The SMILES string of the molecule is NCCCC[C@H](NC(=O)[C@H](Cc1c[nH]c2ccccc12)NCc1cccc(O)c1O)C(=O)N[C@@H](Cc1ccc(O)cc1)C(=O)NCc1cccc(O)c1O. The third-order valence-electron chi connectivity index (χ3n) is 9.19. The van der Waals surface area contributed by atoms with Crippen molar-refractivity contribution in [3.63, 3.8) is 0 Å². The molecule has 0 radical (unpaired) electrons. The molecule has 0 aliphatic heterocycles. The van der Waals surface area contributed by atoms with Crippen LogP contribution in [-0.4, -0.2) is 72.9 Å². The first-order valence-corrected chi connectivity index (χ1v) is 17.7. The Hall–Kier alpha value is -6.25. The summed E-state index contributed by atoms with van der Waals surface area (Å²) in [6.07, 6.45) is 3.35. The van der Waals surface area contributed by atoms with Crippen molar-refractivity contribution < 1.29 is 39.9 Å². The Labute approximate surface area is 312 Å². The lowest BCUT2D eigenvalue weighted by atomic mass is 10.0. The molecular weight excluding hydrogens is 692 g/mol. The monoisotopic (exact) mass is 738 g/mol. The maximum Gasteiger partial charge on any atom is 0.243 e. The molecule has 12 N–H and O–H groups in total. The van der Waals surface area contributed by atoms with Crippen LogP contribution in [-0.2, 0) is 40.3 Å². The molecule has 0 fully saturated rings. The highest BCUT2D eigenvalue weighted by Gasteiger charge is 2.30. The van der Waals surface area contributed by atoms with Crippen LogP contribution in [0.15, 0.2) is 91.1 Å². The molecule has 0 aliphatic carbocycles. The first-order chi connectivity index (χ1) is 26.0. The number of phenolic OH excluding ortho intramolecular Hbond substituents is 5. The molecule has 0 spiro atoms. The molecule has 1 heterocycles. The molecule has 284 valence electrons. The third kappa shape index (κ3) is 10.2. The molecule has 5 aromatic rings. The largest absolute Gasteiger partial charge is 0.508 e. The van der Waals surface area contributed by atoms with E-state index in [1.807, 2.05) is 30.5 Å². The topological polar surface area (TPSA) is 242 Å². The Kier molecular flexibility index (Phi) is 13.3. The Morgan fingerprint density at radius 2 is 1.26 bits per heavy atom. The Morgan fingerprint density at radius 3 is 1.94 bits per heavy atom. The number of carbonyl (C=O) groups excluding carboxylic acids is 3. The van der Waals surface area contributed by atoms with Crippen molar-refractivity contribution in [2.45, 2.75) is 63.3 Å². The highest BCUT2D eigenvalue weighted by atomic mass is 16.3. The standard InChI is InChI=1S/C40H46N6O8/c41-18-4-3-11-31(39(53)46-33(19-24-14-16-28(47)17-15-24)38(52)44-22-26-8-6-13-35(49)37(26)51)45-40(54)32(43-21-25-7-5-12-34(48)36(25)50)20-27-23-42-30-10-2-1-9-29(27)30/h1-2,5-10,12-17,23,31-33,42-43,47-51H,3-4,11,18-22,41H2,(H,44,52)(H,45,54)(H,46,53)/t31-,32-,33-/m0/s1. The minimum atomic E-state index is -1.13.